The van der Waals surface area contributed by atoms with E-state index in [4.69, 9.17) is 0 Å². The van der Waals surface area contributed by atoms with Gasteiger partial charge in [-0.3, -0.25) is 4.68 Å². The Morgan fingerprint density at radius 1 is 1.11 bits per heavy atom. The minimum atomic E-state index is -2.53. The zero-order valence-electron chi connectivity index (χ0n) is 18.5. The third-order valence-electron chi connectivity index (χ3n) is 6.05. The van der Waals surface area contributed by atoms with Gasteiger partial charge in [0.05, 0.1) is 30.0 Å². The molecule has 12 heteroatoms. The number of rotatable bonds is 6. The van der Waals surface area contributed by atoms with E-state index in [1.807, 2.05) is 10.6 Å². The molecule has 10 nitrogen and oxygen atoms in total. The number of nitrogens with one attached hydrogen (secondary N) is 1. The molecule has 0 bridgehead atoms. The highest BCUT2D eigenvalue weighted by atomic mass is 19.3. The van der Waals surface area contributed by atoms with Gasteiger partial charge in [0.1, 0.15) is 29.9 Å². The maximum atomic E-state index is 12.7. The lowest BCUT2D eigenvalue weighted by Gasteiger charge is -2.30. The van der Waals surface area contributed by atoms with E-state index in [1.165, 1.54) is 18.6 Å². The first-order valence-electron chi connectivity index (χ1n) is 11.1. The van der Waals surface area contributed by atoms with Crippen molar-refractivity contribution in [2.45, 2.75) is 50.7 Å². The van der Waals surface area contributed by atoms with Crippen molar-refractivity contribution in [3.8, 4) is 23.4 Å². The number of pyridine rings is 1. The highest BCUT2D eigenvalue weighted by molar-refractivity contribution is 5.71. The number of aromatic nitrogens is 7. The van der Waals surface area contributed by atoms with E-state index in [2.05, 4.69) is 36.4 Å². The molecule has 2 atom stereocenters. The van der Waals surface area contributed by atoms with Crippen molar-refractivity contribution < 1.29 is 8.78 Å². The molecule has 35 heavy (non-hydrogen) atoms. The van der Waals surface area contributed by atoms with Gasteiger partial charge >= 0.3 is 0 Å². The summed E-state index contributed by atoms with van der Waals surface area (Å²) in [5, 5.41) is 26.0. The standard InChI is InChI=1S/C23H20F2N10/c24-20(25)12-34-11-15(10-30-34)21-14(7-26)9-28-23(33-21)32-16-2-1-3-18(6-16)35-13-29-19-5-4-17(8-27)31-22(19)35/h4-5,9-11,13,16,18,20H,1-3,6,12H2,(H,28,32,33)/t16-,18+/m1/s1. The number of fused-ring (bicyclic) bond motifs is 1. The third kappa shape index (κ3) is 4.64. The van der Waals surface area contributed by atoms with Crippen LogP contribution in [0.2, 0.25) is 0 Å². The molecule has 1 saturated carbocycles. The average molecular weight is 474 g/mol. The summed E-state index contributed by atoms with van der Waals surface area (Å²) in [6.45, 7) is -0.533. The van der Waals surface area contributed by atoms with Gasteiger partial charge in [-0.2, -0.15) is 15.6 Å². The number of halogens is 2. The minimum absolute atomic E-state index is 0.0627. The number of nitrogens with zero attached hydrogens (tertiary/aromatic N) is 9. The van der Waals surface area contributed by atoms with Crippen LogP contribution in [0.3, 0.4) is 0 Å². The van der Waals surface area contributed by atoms with Gasteiger partial charge in [-0.05, 0) is 37.8 Å². The van der Waals surface area contributed by atoms with Gasteiger partial charge in [-0.1, -0.05) is 0 Å². The molecule has 1 aliphatic carbocycles. The van der Waals surface area contributed by atoms with E-state index in [9.17, 15) is 19.3 Å². The van der Waals surface area contributed by atoms with Gasteiger partial charge in [0.25, 0.3) is 6.43 Å². The van der Waals surface area contributed by atoms with E-state index in [1.54, 1.807) is 18.5 Å². The second-order valence-corrected chi connectivity index (χ2v) is 8.37. The van der Waals surface area contributed by atoms with Crippen LogP contribution in [0.15, 0.2) is 37.1 Å². The largest absolute Gasteiger partial charge is 0.351 e. The highest BCUT2D eigenvalue weighted by Crippen LogP contribution is 2.32. The molecule has 0 aromatic carbocycles. The Kier molecular flexibility index (Phi) is 6.02. The molecule has 1 aliphatic rings. The fraction of sp³-hybridized carbons (Fsp3) is 0.348. The Balaban J connectivity index is 1.36. The Morgan fingerprint density at radius 3 is 2.80 bits per heavy atom. The molecule has 0 spiro atoms. The summed E-state index contributed by atoms with van der Waals surface area (Å²) in [5.41, 5.74) is 2.82. The maximum absolute atomic E-state index is 12.7. The van der Waals surface area contributed by atoms with E-state index in [0.717, 1.165) is 35.9 Å². The lowest BCUT2D eigenvalue weighted by molar-refractivity contribution is 0.122. The fourth-order valence-electron chi connectivity index (χ4n) is 4.45. The molecule has 5 rings (SSSR count). The van der Waals surface area contributed by atoms with Gasteiger partial charge in [0.15, 0.2) is 5.65 Å². The molecule has 176 valence electrons. The van der Waals surface area contributed by atoms with Gasteiger partial charge in [-0.15, -0.1) is 0 Å². The summed E-state index contributed by atoms with van der Waals surface area (Å²) < 4.78 is 28.5. The third-order valence-corrected chi connectivity index (χ3v) is 6.05. The van der Waals surface area contributed by atoms with Gasteiger partial charge in [0, 0.05) is 23.8 Å². The van der Waals surface area contributed by atoms with Crippen molar-refractivity contribution in [2.24, 2.45) is 0 Å². The van der Waals surface area contributed by atoms with Crippen LogP contribution < -0.4 is 5.32 Å². The Labute approximate surface area is 198 Å². The zero-order chi connectivity index (χ0) is 24.4. The Morgan fingerprint density at radius 2 is 2.00 bits per heavy atom. The smallest absolute Gasteiger partial charge is 0.257 e. The normalized spacial score (nSPS) is 17.9. The molecule has 4 aromatic heterocycles. The van der Waals surface area contributed by atoms with Crippen molar-refractivity contribution in [3.63, 3.8) is 0 Å². The lowest BCUT2D eigenvalue weighted by Crippen LogP contribution is -2.29. The van der Waals surface area contributed by atoms with Crippen molar-refractivity contribution >= 4 is 17.1 Å². The maximum Gasteiger partial charge on any atom is 0.257 e. The first-order valence-corrected chi connectivity index (χ1v) is 11.1. The fourth-order valence-corrected chi connectivity index (χ4v) is 4.45. The van der Waals surface area contributed by atoms with Crippen molar-refractivity contribution in [1.82, 2.24) is 34.3 Å². The molecule has 1 N–H and O–H groups in total. The van der Waals surface area contributed by atoms with Crippen LogP contribution in [0, 0.1) is 22.7 Å². The van der Waals surface area contributed by atoms with Crippen LogP contribution in [0.5, 0.6) is 0 Å². The first kappa shape index (κ1) is 22.3. The topological polar surface area (TPSA) is 134 Å². The van der Waals surface area contributed by atoms with E-state index >= 15 is 0 Å². The van der Waals surface area contributed by atoms with Crippen LogP contribution >= 0.6 is 0 Å². The van der Waals surface area contributed by atoms with Crippen LogP contribution in [0.1, 0.15) is 43.0 Å². The van der Waals surface area contributed by atoms with Crippen LogP contribution in [-0.2, 0) is 6.54 Å². The molecule has 0 radical (unpaired) electrons. The minimum Gasteiger partial charge on any atom is -0.351 e. The summed E-state index contributed by atoms with van der Waals surface area (Å²) in [5.74, 6) is 0.353. The SMILES string of the molecule is N#Cc1ccc2ncn([C@H]3CCC[C@@H](Nc4ncc(C#N)c(-c5cnn(CC(F)F)c5)n4)C3)c2n1. The van der Waals surface area contributed by atoms with Crippen molar-refractivity contribution in [2.75, 3.05) is 5.32 Å². The summed E-state index contributed by atoms with van der Waals surface area (Å²) in [6.07, 6.45) is 7.11. The van der Waals surface area contributed by atoms with E-state index < -0.39 is 13.0 Å². The number of hydrogen-bond donors (Lipinski definition) is 1. The molecular weight excluding hydrogens is 454 g/mol. The molecule has 0 amide bonds. The molecule has 0 aliphatic heterocycles. The summed E-state index contributed by atoms with van der Waals surface area (Å²) in [4.78, 5) is 17.6. The summed E-state index contributed by atoms with van der Waals surface area (Å²) >= 11 is 0. The lowest BCUT2D eigenvalue weighted by atomic mass is 9.91. The zero-order valence-corrected chi connectivity index (χ0v) is 18.5. The molecule has 1 fully saturated rings. The quantitative estimate of drug-likeness (QED) is 0.447. The van der Waals surface area contributed by atoms with Gasteiger partial charge < -0.3 is 9.88 Å². The average Bonchev–Trinajstić information content (AvgIpc) is 3.50. The number of anilines is 1. The first-order chi connectivity index (χ1) is 17.0. The summed E-state index contributed by atoms with van der Waals surface area (Å²) in [6, 6.07) is 7.77. The molecule has 4 aromatic rings. The monoisotopic (exact) mass is 474 g/mol. The highest BCUT2D eigenvalue weighted by Gasteiger charge is 2.26. The van der Waals surface area contributed by atoms with Crippen molar-refractivity contribution in [1.29, 1.82) is 10.5 Å². The van der Waals surface area contributed by atoms with Crippen LogP contribution in [0.4, 0.5) is 14.7 Å². The Hall–Kier alpha value is -4.45. The van der Waals surface area contributed by atoms with Crippen LogP contribution in [-0.4, -0.2) is 46.8 Å². The predicted octanol–water partition coefficient (Wildman–Crippen LogP) is 3.69. The second-order valence-electron chi connectivity index (χ2n) is 8.37. The molecule has 0 unspecified atom stereocenters. The molecule has 0 saturated heterocycles. The number of nitriles is 2. The van der Waals surface area contributed by atoms with Crippen molar-refractivity contribution in [3.05, 3.63) is 48.3 Å². The summed E-state index contributed by atoms with van der Waals surface area (Å²) in [7, 11) is 0. The number of hydrogen-bond acceptors (Lipinski definition) is 8. The second kappa shape index (κ2) is 9.43. The Bertz CT molecular complexity index is 1440. The predicted molar refractivity (Wildman–Crippen MR) is 121 cm³/mol. The van der Waals surface area contributed by atoms with E-state index in [-0.39, 0.29) is 17.6 Å². The number of alkyl halides is 2. The number of imidazole rings is 1. The molecular formula is C23H20F2N10. The molecule has 4 heterocycles. The van der Waals surface area contributed by atoms with Crippen LogP contribution in [0.25, 0.3) is 22.4 Å². The van der Waals surface area contributed by atoms with Gasteiger partial charge in [0.2, 0.25) is 5.95 Å². The van der Waals surface area contributed by atoms with E-state index in [0.29, 0.717) is 28.5 Å². The van der Waals surface area contributed by atoms with Gasteiger partial charge in [-0.25, -0.2) is 28.7 Å².